The maximum Gasteiger partial charge on any atom is 0.0794 e. The Balaban J connectivity index is 2.14. The van der Waals surface area contributed by atoms with Gasteiger partial charge < -0.3 is 5.32 Å². The molecule has 0 aliphatic heterocycles. The van der Waals surface area contributed by atoms with Crippen LogP contribution in [0.2, 0.25) is 5.02 Å². The fourth-order valence-corrected chi connectivity index (χ4v) is 3.51. The van der Waals surface area contributed by atoms with E-state index in [1.807, 2.05) is 23.2 Å². The summed E-state index contributed by atoms with van der Waals surface area (Å²) < 4.78 is 0. The van der Waals surface area contributed by atoms with Crippen LogP contribution in [0, 0.1) is 0 Å². The van der Waals surface area contributed by atoms with E-state index < -0.39 is 0 Å². The minimum absolute atomic E-state index is 0.304. The van der Waals surface area contributed by atoms with Crippen LogP contribution in [0.25, 0.3) is 0 Å². The highest BCUT2D eigenvalue weighted by molar-refractivity contribution is 7.10. The van der Waals surface area contributed by atoms with E-state index in [9.17, 15) is 0 Å². The number of likely N-dealkylation sites (N-methyl/N-ethyl adjacent to an activating group) is 1. The summed E-state index contributed by atoms with van der Waals surface area (Å²) in [5.41, 5.74) is 1.87. The van der Waals surface area contributed by atoms with Gasteiger partial charge in [-0.05, 0) is 18.0 Å². The lowest BCUT2D eigenvalue weighted by Gasteiger charge is -2.15. The number of thiophene rings is 1. The first kappa shape index (κ1) is 12.0. The van der Waals surface area contributed by atoms with Crippen molar-refractivity contribution in [3.63, 3.8) is 0 Å². The second kappa shape index (κ2) is 5.77. The lowest BCUT2D eigenvalue weighted by Crippen LogP contribution is -2.22. The summed E-state index contributed by atoms with van der Waals surface area (Å²) in [6.45, 7) is 3.05. The summed E-state index contributed by atoms with van der Waals surface area (Å²) in [6, 6.07) is 2.26. The fraction of sp³-hybridized carbons (Fsp3) is 0.364. The third kappa shape index (κ3) is 2.83. The van der Waals surface area contributed by atoms with Gasteiger partial charge in [0.1, 0.15) is 0 Å². The number of nitrogens with zero attached hydrogens (tertiary/aromatic N) is 1. The zero-order chi connectivity index (χ0) is 11.4. The van der Waals surface area contributed by atoms with Crippen LogP contribution in [-0.2, 0) is 6.42 Å². The summed E-state index contributed by atoms with van der Waals surface area (Å²) >= 11 is 9.57. The van der Waals surface area contributed by atoms with E-state index in [-0.39, 0.29) is 0 Å². The predicted molar refractivity (Wildman–Crippen MR) is 71.6 cm³/mol. The summed E-state index contributed by atoms with van der Waals surface area (Å²) in [7, 11) is 0. The second-order valence-corrected chi connectivity index (χ2v) is 5.74. The molecule has 0 saturated carbocycles. The highest BCUT2D eigenvalue weighted by Crippen LogP contribution is 2.31. The third-order valence-corrected chi connectivity index (χ3v) is 4.57. The Morgan fingerprint density at radius 2 is 2.38 bits per heavy atom. The summed E-state index contributed by atoms with van der Waals surface area (Å²) in [4.78, 5) is 6.61. The molecule has 2 aromatic rings. The van der Waals surface area contributed by atoms with Crippen molar-refractivity contribution in [1.29, 1.82) is 0 Å². The van der Waals surface area contributed by atoms with Gasteiger partial charge in [-0.1, -0.05) is 18.5 Å². The molecule has 2 heterocycles. The van der Waals surface area contributed by atoms with E-state index in [4.69, 9.17) is 11.6 Å². The molecule has 0 aliphatic rings. The number of hydrogen-bond acceptors (Lipinski definition) is 4. The van der Waals surface area contributed by atoms with Crippen molar-refractivity contribution < 1.29 is 0 Å². The van der Waals surface area contributed by atoms with Gasteiger partial charge in [-0.2, -0.15) is 0 Å². The van der Waals surface area contributed by atoms with E-state index >= 15 is 0 Å². The normalized spacial score (nSPS) is 12.9. The van der Waals surface area contributed by atoms with Crippen LogP contribution >= 0.6 is 34.3 Å². The van der Waals surface area contributed by atoms with Crippen molar-refractivity contribution in [1.82, 2.24) is 10.3 Å². The Labute approximate surface area is 108 Å². The average Bonchev–Trinajstić information content (AvgIpc) is 2.88. The summed E-state index contributed by atoms with van der Waals surface area (Å²) in [5.74, 6) is 0. The van der Waals surface area contributed by atoms with Crippen molar-refractivity contribution >= 4 is 34.3 Å². The quantitative estimate of drug-likeness (QED) is 0.897. The Morgan fingerprint density at radius 3 is 2.94 bits per heavy atom. The van der Waals surface area contributed by atoms with Gasteiger partial charge in [0.05, 0.1) is 10.5 Å². The van der Waals surface area contributed by atoms with Crippen LogP contribution in [0.1, 0.15) is 22.7 Å². The van der Waals surface area contributed by atoms with Gasteiger partial charge in [0, 0.05) is 28.4 Å². The lowest BCUT2D eigenvalue weighted by atomic mass is 10.1. The molecule has 0 radical (unpaired) electrons. The van der Waals surface area contributed by atoms with Crippen LogP contribution in [0.4, 0.5) is 0 Å². The minimum Gasteiger partial charge on any atom is -0.309 e. The van der Waals surface area contributed by atoms with Gasteiger partial charge in [-0.15, -0.1) is 22.7 Å². The first-order valence-corrected chi connectivity index (χ1v) is 7.28. The molecule has 1 N–H and O–H groups in total. The molecule has 0 amide bonds. The van der Waals surface area contributed by atoms with Crippen LogP contribution in [0.3, 0.4) is 0 Å². The number of hydrogen-bond donors (Lipinski definition) is 1. The first-order chi connectivity index (χ1) is 7.81. The Bertz CT molecular complexity index is 425. The number of thiazole rings is 1. The van der Waals surface area contributed by atoms with Gasteiger partial charge in [-0.25, -0.2) is 0 Å². The zero-order valence-electron chi connectivity index (χ0n) is 8.94. The number of rotatable bonds is 5. The maximum atomic E-state index is 6.17. The third-order valence-electron chi connectivity index (χ3n) is 2.30. The molecule has 0 spiro atoms. The van der Waals surface area contributed by atoms with Crippen molar-refractivity contribution in [3.05, 3.63) is 37.9 Å². The highest BCUT2D eigenvalue weighted by atomic mass is 35.5. The van der Waals surface area contributed by atoms with E-state index in [1.54, 1.807) is 22.7 Å². The van der Waals surface area contributed by atoms with Gasteiger partial charge in [0.2, 0.25) is 0 Å². The largest absolute Gasteiger partial charge is 0.309 e. The molecular formula is C11H13ClN2S2. The Morgan fingerprint density at radius 1 is 1.50 bits per heavy atom. The van der Waals surface area contributed by atoms with Crippen molar-refractivity contribution in [2.45, 2.75) is 19.4 Å². The molecule has 5 heteroatoms. The van der Waals surface area contributed by atoms with E-state index in [1.165, 1.54) is 9.75 Å². The molecular weight excluding hydrogens is 260 g/mol. The molecule has 0 saturated heterocycles. The SMILES string of the molecule is CCNC(Cc1cncs1)c1sccc1Cl. The van der Waals surface area contributed by atoms with Crippen molar-refractivity contribution in [3.8, 4) is 0 Å². The molecule has 2 nitrogen and oxygen atoms in total. The van der Waals surface area contributed by atoms with E-state index in [0.29, 0.717) is 6.04 Å². The molecule has 2 aromatic heterocycles. The molecule has 0 aliphatic carbocycles. The molecule has 1 unspecified atom stereocenters. The van der Waals surface area contributed by atoms with Gasteiger partial charge in [0.15, 0.2) is 0 Å². The summed E-state index contributed by atoms with van der Waals surface area (Å²) in [6.07, 6.45) is 2.88. The van der Waals surface area contributed by atoms with E-state index in [2.05, 4.69) is 17.2 Å². The number of aromatic nitrogens is 1. The van der Waals surface area contributed by atoms with Crippen LogP contribution < -0.4 is 5.32 Å². The topological polar surface area (TPSA) is 24.9 Å². The first-order valence-electron chi connectivity index (χ1n) is 5.15. The smallest absolute Gasteiger partial charge is 0.0794 e. The standard InChI is InChI=1S/C11H13ClN2S2/c1-2-14-10(5-8-6-13-7-16-8)11-9(12)3-4-15-11/h3-4,6-7,10,14H,2,5H2,1H3. The zero-order valence-corrected chi connectivity index (χ0v) is 11.3. The van der Waals surface area contributed by atoms with Crippen molar-refractivity contribution in [2.24, 2.45) is 0 Å². The molecule has 1 atom stereocenters. The highest BCUT2D eigenvalue weighted by Gasteiger charge is 2.16. The molecule has 0 fully saturated rings. The molecule has 0 bridgehead atoms. The minimum atomic E-state index is 0.304. The van der Waals surface area contributed by atoms with Crippen LogP contribution in [-0.4, -0.2) is 11.5 Å². The lowest BCUT2D eigenvalue weighted by molar-refractivity contribution is 0.561. The van der Waals surface area contributed by atoms with Gasteiger partial charge >= 0.3 is 0 Å². The average molecular weight is 273 g/mol. The molecule has 0 aromatic carbocycles. The predicted octanol–water partition coefficient (Wildman–Crippen LogP) is 3.75. The second-order valence-electron chi connectivity index (χ2n) is 3.41. The molecule has 16 heavy (non-hydrogen) atoms. The number of halogens is 1. The Hall–Kier alpha value is -0.420. The Kier molecular flexibility index (Phi) is 4.35. The van der Waals surface area contributed by atoms with Crippen LogP contribution in [0.15, 0.2) is 23.2 Å². The van der Waals surface area contributed by atoms with Crippen LogP contribution in [0.5, 0.6) is 0 Å². The molecule has 86 valence electrons. The monoisotopic (exact) mass is 272 g/mol. The molecule has 2 rings (SSSR count). The van der Waals surface area contributed by atoms with Gasteiger partial charge in [0.25, 0.3) is 0 Å². The summed E-state index contributed by atoms with van der Waals surface area (Å²) in [5, 5.41) is 6.37. The van der Waals surface area contributed by atoms with E-state index in [0.717, 1.165) is 18.0 Å². The maximum absolute atomic E-state index is 6.17. The number of nitrogens with one attached hydrogen (secondary N) is 1. The van der Waals surface area contributed by atoms with Crippen molar-refractivity contribution in [2.75, 3.05) is 6.54 Å². The van der Waals surface area contributed by atoms with Gasteiger partial charge in [-0.3, -0.25) is 4.98 Å². The fourth-order valence-electron chi connectivity index (χ4n) is 1.60.